The number of carbonyl (C=O) groups is 1. The first-order valence-corrected chi connectivity index (χ1v) is 10.2. The fourth-order valence-corrected chi connectivity index (χ4v) is 2.98. The molecule has 4 rings (SSSR count). The maximum atomic E-state index is 12.2. The smallest absolute Gasteiger partial charge is 0.263 e. The molecule has 0 atom stereocenters. The molecule has 166 valence electrons. The van der Waals surface area contributed by atoms with E-state index in [1.807, 2.05) is 66.7 Å². The number of benzene rings is 3. The zero-order chi connectivity index (χ0) is 22.9. The Bertz CT molecular complexity index is 1230. The van der Waals surface area contributed by atoms with Crippen LogP contribution in [0.3, 0.4) is 0 Å². The Morgan fingerprint density at radius 1 is 1.03 bits per heavy atom. The molecular weight excluding hydrogens is 420 g/mol. The lowest BCUT2D eigenvalue weighted by Gasteiger charge is -2.11. The highest BCUT2D eigenvalue weighted by atomic mass is 16.5. The SMILES string of the molecule is COc1ccc(C=NNC(=O)Cn2nnc(-c3ccccc3)n2)cc1OCc1ccccc1. The molecule has 0 saturated heterocycles. The van der Waals surface area contributed by atoms with E-state index in [4.69, 9.17) is 9.47 Å². The lowest BCUT2D eigenvalue weighted by atomic mass is 10.2. The third-order valence-corrected chi connectivity index (χ3v) is 4.60. The van der Waals surface area contributed by atoms with Crippen LogP contribution in [0.2, 0.25) is 0 Å². The molecule has 0 saturated carbocycles. The standard InChI is InChI=1S/C24H22N6O3/c1-32-21-13-12-19(14-22(21)33-17-18-8-4-2-5-9-18)15-25-26-23(31)16-30-28-24(27-29-30)20-10-6-3-7-11-20/h2-15H,16-17H2,1H3,(H,26,31). The second-order valence-corrected chi connectivity index (χ2v) is 6.99. The fourth-order valence-electron chi connectivity index (χ4n) is 2.98. The third kappa shape index (κ3) is 6.01. The Morgan fingerprint density at radius 2 is 1.79 bits per heavy atom. The average Bonchev–Trinajstić information content (AvgIpc) is 3.32. The normalized spacial score (nSPS) is 10.8. The minimum atomic E-state index is -0.377. The third-order valence-electron chi connectivity index (χ3n) is 4.60. The summed E-state index contributed by atoms with van der Waals surface area (Å²) >= 11 is 0. The van der Waals surface area contributed by atoms with Gasteiger partial charge in [0, 0.05) is 5.56 Å². The molecule has 0 aliphatic heterocycles. The van der Waals surface area contributed by atoms with Crippen molar-refractivity contribution in [2.75, 3.05) is 7.11 Å². The Morgan fingerprint density at radius 3 is 2.55 bits per heavy atom. The number of rotatable bonds is 9. The van der Waals surface area contributed by atoms with Crippen molar-refractivity contribution < 1.29 is 14.3 Å². The molecule has 9 nitrogen and oxygen atoms in total. The minimum Gasteiger partial charge on any atom is -0.493 e. The van der Waals surface area contributed by atoms with Crippen molar-refractivity contribution in [1.29, 1.82) is 0 Å². The van der Waals surface area contributed by atoms with Gasteiger partial charge in [-0.3, -0.25) is 4.79 Å². The topological polar surface area (TPSA) is 104 Å². The van der Waals surface area contributed by atoms with E-state index in [9.17, 15) is 4.79 Å². The van der Waals surface area contributed by atoms with Gasteiger partial charge in [-0.25, -0.2) is 5.43 Å². The van der Waals surface area contributed by atoms with E-state index in [1.54, 1.807) is 19.2 Å². The predicted octanol–water partition coefficient (Wildman–Crippen LogP) is 3.08. The van der Waals surface area contributed by atoms with Crippen LogP contribution in [0, 0.1) is 0 Å². The molecule has 0 fully saturated rings. The van der Waals surface area contributed by atoms with Crippen LogP contribution in [0.4, 0.5) is 0 Å². The van der Waals surface area contributed by atoms with Crippen molar-refractivity contribution in [2.24, 2.45) is 5.10 Å². The second kappa shape index (κ2) is 10.7. The van der Waals surface area contributed by atoms with E-state index in [2.05, 4.69) is 25.9 Å². The van der Waals surface area contributed by atoms with Gasteiger partial charge in [0.2, 0.25) is 5.82 Å². The number of carbonyl (C=O) groups excluding carboxylic acids is 1. The molecular formula is C24H22N6O3. The van der Waals surface area contributed by atoms with Crippen LogP contribution in [0.25, 0.3) is 11.4 Å². The van der Waals surface area contributed by atoms with Crippen molar-refractivity contribution in [1.82, 2.24) is 25.6 Å². The number of tetrazole rings is 1. The van der Waals surface area contributed by atoms with Gasteiger partial charge in [-0.15, -0.1) is 10.2 Å². The van der Waals surface area contributed by atoms with Crippen LogP contribution in [-0.2, 0) is 17.9 Å². The molecule has 1 amide bonds. The molecule has 0 aliphatic rings. The number of nitrogens with one attached hydrogen (secondary N) is 1. The molecule has 1 heterocycles. The Balaban J connectivity index is 1.34. The van der Waals surface area contributed by atoms with Crippen LogP contribution in [0.15, 0.2) is 84.0 Å². The lowest BCUT2D eigenvalue weighted by Crippen LogP contribution is -2.24. The maximum absolute atomic E-state index is 12.2. The Hall–Kier alpha value is -4.53. The Kier molecular flexibility index (Phi) is 7.01. The molecule has 4 aromatic rings. The zero-order valence-corrected chi connectivity index (χ0v) is 18.0. The number of amides is 1. The summed E-state index contributed by atoms with van der Waals surface area (Å²) in [4.78, 5) is 13.4. The maximum Gasteiger partial charge on any atom is 0.263 e. The van der Waals surface area contributed by atoms with E-state index in [0.29, 0.717) is 23.9 Å². The first-order chi connectivity index (χ1) is 16.2. The number of hydrazone groups is 1. The predicted molar refractivity (Wildman–Crippen MR) is 123 cm³/mol. The summed E-state index contributed by atoms with van der Waals surface area (Å²) in [5, 5.41) is 16.1. The summed E-state index contributed by atoms with van der Waals surface area (Å²) in [7, 11) is 1.58. The Labute approximate surface area is 190 Å². The van der Waals surface area contributed by atoms with Gasteiger partial charge in [-0.2, -0.15) is 9.90 Å². The molecule has 0 aliphatic carbocycles. The molecule has 0 radical (unpaired) electrons. The molecule has 0 spiro atoms. The molecule has 1 aromatic heterocycles. The second-order valence-electron chi connectivity index (χ2n) is 6.99. The fraction of sp³-hybridized carbons (Fsp3) is 0.125. The molecule has 9 heteroatoms. The summed E-state index contributed by atoms with van der Waals surface area (Å²) in [6.07, 6.45) is 1.52. The van der Waals surface area contributed by atoms with Crippen molar-refractivity contribution in [3.05, 3.63) is 90.0 Å². The summed E-state index contributed by atoms with van der Waals surface area (Å²) in [5.41, 5.74) is 5.07. The molecule has 3 aromatic carbocycles. The van der Waals surface area contributed by atoms with Crippen molar-refractivity contribution in [3.63, 3.8) is 0 Å². The summed E-state index contributed by atoms with van der Waals surface area (Å²) in [6, 6.07) is 24.7. The van der Waals surface area contributed by atoms with E-state index in [1.165, 1.54) is 11.0 Å². The van der Waals surface area contributed by atoms with Crippen LogP contribution in [-0.4, -0.2) is 39.4 Å². The first-order valence-electron chi connectivity index (χ1n) is 10.2. The first kappa shape index (κ1) is 21.7. The van der Waals surface area contributed by atoms with Crippen molar-refractivity contribution in [2.45, 2.75) is 13.2 Å². The summed E-state index contributed by atoms with van der Waals surface area (Å²) in [5.74, 6) is 1.26. The van der Waals surface area contributed by atoms with Gasteiger partial charge in [0.05, 0.1) is 13.3 Å². The highest BCUT2D eigenvalue weighted by Crippen LogP contribution is 2.28. The molecule has 1 N–H and O–H groups in total. The van der Waals surface area contributed by atoms with E-state index in [0.717, 1.165) is 16.7 Å². The molecule has 0 unspecified atom stereocenters. The largest absolute Gasteiger partial charge is 0.493 e. The van der Waals surface area contributed by atoms with Crippen LogP contribution in [0.1, 0.15) is 11.1 Å². The van der Waals surface area contributed by atoms with Crippen LogP contribution < -0.4 is 14.9 Å². The minimum absolute atomic E-state index is 0.106. The van der Waals surface area contributed by atoms with E-state index in [-0.39, 0.29) is 12.5 Å². The average molecular weight is 442 g/mol. The van der Waals surface area contributed by atoms with E-state index >= 15 is 0 Å². The number of ether oxygens (including phenoxy) is 2. The highest BCUT2D eigenvalue weighted by molar-refractivity contribution is 5.83. The van der Waals surface area contributed by atoms with Gasteiger partial charge < -0.3 is 9.47 Å². The number of nitrogens with zero attached hydrogens (tertiary/aromatic N) is 5. The number of aromatic nitrogens is 4. The van der Waals surface area contributed by atoms with Crippen LogP contribution in [0.5, 0.6) is 11.5 Å². The van der Waals surface area contributed by atoms with Gasteiger partial charge in [0.1, 0.15) is 13.2 Å². The molecule has 0 bridgehead atoms. The monoisotopic (exact) mass is 442 g/mol. The van der Waals surface area contributed by atoms with Crippen LogP contribution >= 0.6 is 0 Å². The van der Waals surface area contributed by atoms with Gasteiger partial charge in [0.25, 0.3) is 5.91 Å². The highest BCUT2D eigenvalue weighted by Gasteiger charge is 2.09. The lowest BCUT2D eigenvalue weighted by molar-refractivity contribution is -0.122. The van der Waals surface area contributed by atoms with Gasteiger partial charge in [-0.05, 0) is 34.5 Å². The van der Waals surface area contributed by atoms with Gasteiger partial charge in [-0.1, -0.05) is 60.7 Å². The quantitative estimate of drug-likeness (QED) is 0.316. The number of methoxy groups -OCH3 is 1. The van der Waals surface area contributed by atoms with Crippen molar-refractivity contribution in [3.8, 4) is 22.9 Å². The summed E-state index contributed by atoms with van der Waals surface area (Å²) < 4.78 is 11.3. The molecule has 33 heavy (non-hydrogen) atoms. The van der Waals surface area contributed by atoms with Gasteiger partial charge >= 0.3 is 0 Å². The van der Waals surface area contributed by atoms with Crippen molar-refractivity contribution >= 4 is 12.1 Å². The number of hydrogen-bond acceptors (Lipinski definition) is 7. The zero-order valence-electron chi connectivity index (χ0n) is 18.0. The van der Waals surface area contributed by atoms with E-state index < -0.39 is 0 Å². The summed E-state index contributed by atoms with van der Waals surface area (Å²) in [6.45, 7) is 0.301. The number of hydrogen-bond donors (Lipinski definition) is 1. The van der Waals surface area contributed by atoms with Gasteiger partial charge in [0.15, 0.2) is 11.5 Å².